The van der Waals surface area contributed by atoms with E-state index in [0.29, 0.717) is 11.7 Å². The van der Waals surface area contributed by atoms with E-state index in [9.17, 15) is 0 Å². The lowest BCUT2D eigenvalue weighted by atomic mass is 9.99. The molecule has 0 aliphatic carbocycles. The molecule has 0 aromatic heterocycles. The first kappa shape index (κ1) is 22.9. The number of nitrogens with one attached hydrogen (secondary N) is 1. The Morgan fingerprint density at radius 3 is 2.83 bits per heavy atom. The lowest BCUT2D eigenvalue weighted by molar-refractivity contribution is 0.185. The number of hydrogen-bond donors (Lipinski definition) is 1. The fourth-order valence-electron chi connectivity index (χ4n) is 3.90. The van der Waals surface area contributed by atoms with Crippen LogP contribution in [0.1, 0.15) is 36.5 Å². The summed E-state index contributed by atoms with van der Waals surface area (Å²) < 4.78 is 5.25. The molecule has 3 rings (SSSR count). The number of rotatable bonds is 8. The van der Waals surface area contributed by atoms with Gasteiger partial charge in [0, 0.05) is 56.3 Å². The Bertz CT molecular complexity index is 874. The van der Waals surface area contributed by atoms with Crippen LogP contribution < -0.4 is 10.2 Å². The van der Waals surface area contributed by atoms with Crippen LogP contribution in [0, 0.1) is 6.92 Å². The zero-order valence-corrected chi connectivity index (χ0v) is 19.8. The molecule has 30 heavy (non-hydrogen) atoms. The number of methoxy groups -OCH3 is 1. The molecule has 0 atom stereocenters. The van der Waals surface area contributed by atoms with Crippen molar-refractivity contribution in [3.63, 3.8) is 0 Å². The van der Waals surface area contributed by atoms with Gasteiger partial charge in [0.05, 0.1) is 0 Å². The van der Waals surface area contributed by atoms with E-state index in [2.05, 4.69) is 40.2 Å². The summed E-state index contributed by atoms with van der Waals surface area (Å²) in [6.45, 7) is 8.75. The number of halogens is 1. The summed E-state index contributed by atoms with van der Waals surface area (Å²) in [5, 5.41) is 4.81. The number of hydrogen-bond acceptors (Lipinski definition) is 3. The predicted octanol–water partition coefficient (Wildman–Crippen LogP) is 5.66. The number of nitrogens with zero attached hydrogens (tertiary/aromatic N) is 2. The van der Waals surface area contributed by atoms with Gasteiger partial charge < -0.3 is 19.9 Å². The second kappa shape index (κ2) is 11.0. The number of fused-ring (bicyclic) bond motifs is 1. The average Bonchev–Trinajstić information content (AvgIpc) is 2.75. The molecule has 162 valence electrons. The number of aryl methyl sites for hydroxylation is 2. The zero-order chi connectivity index (χ0) is 21.5. The summed E-state index contributed by atoms with van der Waals surface area (Å²) in [5.74, 6) is 0. The van der Waals surface area contributed by atoms with E-state index in [1.807, 2.05) is 25.1 Å². The fraction of sp³-hybridized carbons (Fsp3) is 0.458. The molecule has 2 aromatic carbocycles. The normalized spacial score (nSPS) is 13.1. The van der Waals surface area contributed by atoms with E-state index in [1.165, 1.54) is 23.2 Å². The van der Waals surface area contributed by atoms with Gasteiger partial charge in [0.25, 0.3) is 0 Å². The Balaban J connectivity index is 1.74. The van der Waals surface area contributed by atoms with Gasteiger partial charge in [0.15, 0.2) is 5.11 Å². The Kier molecular flexibility index (Phi) is 8.37. The van der Waals surface area contributed by atoms with Gasteiger partial charge in [0.1, 0.15) is 0 Å². The molecule has 1 aliphatic heterocycles. The molecule has 4 nitrogen and oxygen atoms in total. The van der Waals surface area contributed by atoms with Gasteiger partial charge in [-0.25, -0.2) is 0 Å². The summed E-state index contributed by atoms with van der Waals surface area (Å²) in [7, 11) is 1.73. The molecule has 0 amide bonds. The second-order valence-electron chi connectivity index (χ2n) is 7.81. The zero-order valence-electron chi connectivity index (χ0n) is 18.2. The minimum Gasteiger partial charge on any atom is -0.385 e. The molecule has 1 heterocycles. The molecular formula is C24H32ClN3OS. The van der Waals surface area contributed by atoms with Crippen molar-refractivity contribution in [3.05, 3.63) is 58.1 Å². The van der Waals surface area contributed by atoms with Gasteiger partial charge in [-0.1, -0.05) is 29.8 Å². The van der Waals surface area contributed by atoms with Crippen LogP contribution in [-0.4, -0.2) is 43.4 Å². The van der Waals surface area contributed by atoms with Crippen molar-refractivity contribution in [2.45, 2.75) is 39.7 Å². The number of benzene rings is 2. The maximum absolute atomic E-state index is 6.28. The summed E-state index contributed by atoms with van der Waals surface area (Å²) in [6, 6.07) is 12.8. The molecule has 0 saturated heterocycles. The Morgan fingerprint density at radius 2 is 2.10 bits per heavy atom. The molecular weight excluding hydrogens is 414 g/mol. The summed E-state index contributed by atoms with van der Waals surface area (Å²) >= 11 is 12.0. The van der Waals surface area contributed by atoms with Gasteiger partial charge >= 0.3 is 0 Å². The molecule has 0 spiro atoms. The van der Waals surface area contributed by atoms with Crippen molar-refractivity contribution in [2.75, 3.05) is 43.6 Å². The van der Waals surface area contributed by atoms with Crippen molar-refractivity contribution in [3.8, 4) is 0 Å². The van der Waals surface area contributed by atoms with Crippen LogP contribution in [0.4, 0.5) is 11.4 Å². The molecule has 0 bridgehead atoms. The van der Waals surface area contributed by atoms with Crippen LogP contribution in [0.25, 0.3) is 0 Å². The fourth-order valence-corrected chi connectivity index (χ4v) is 4.36. The molecule has 1 aliphatic rings. The van der Waals surface area contributed by atoms with E-state index in [4.69, 9.17) is 28.6 Å². The lowest BCUT2D eigenvalue weighted by Crippen LogP contribution is -2.35. The van der Waals surface area contributed by atoms with E-state index >= 15 is 0 Å². The van der Waals surface area contributed by atoms with E-state index < -0.39 is 0 Å². The van der Waals surface area contributed by atoms with Gasteiger partial charge in [-0.15, -0.1) is 0 Å². The first-order valence-electron chi connectivity index (χ1n) is 10.7. The lowest BCUT2D eigenvalue weighted by Gasteiger charge is -2.31. The highest BCUT2D eigenvalue weighted by Crippen LogP contribution is 2.28. The van der Waals surface area contributed by atoms with Crippen LogP contribution in [0.5, 0.6) is 0 Å². The van der Waals surface area contributed by atoms with Crippen LogP contribution in [-0.2, 0) is 17.7 Å². The Hall–Kier alpha value is -1.82. The maximum atomic E-state index is 6.28. The van der Waals surface area contributed by atoms with Crippen LogP contribution in [0.3, 0.4) is 0 Å². The minimum absolute atomic E-state index is 0.707. The van der Waals surface area contributed by atoms with E-state index in [-0.39, 0.29) is 0 Å². The molecule has 6 heteroatoms. The minimum atomic E-state index is 0.707. The highest BCUT2D eigenvalue weighted by atomic mass is 35.5. The molecule has 0 radical (unpaired) electrons. The smallest absolute Gasteiger partial charge is 0.173 e. The monoisotopic (exact) mass is 445 g/mol. The highest BCUT2D eigenvalue weighted by Gasteiger charge is 2.17. The Morgan fingerprint density at radius 1 is 1.27 bits per heavy atom. The number of ether oxygens (including phenoxy) is 1. The topological polar surface area (TPSA) is 27.7 Å². The standard InChI is InChI=1S/C24H32ClN3OS/c1-4-27-12-5-7-20-15-19(9-11-23(20)27)17-28(13-6-14-29-3)24(30)26-21-10-8-18(2)22(25)16-21/h8-11,15-16H,4-7,12-14,17H2,1-3H3,(H,26,30). The molecule has 0 unspecified atom stereocenters. The van der Waals surface area contributed by atoms with Crippen molar-refractivity contribution in [1.29, 1.82) is 0 Å². The van der Waals surface area contributed by atoms with E-state index in [0.717, 1.165) is 55.3 Å². The molecule has 2 aromatic rings. The average molecular weight is 446 g/mol. The first-order valence-corrected chi connectivity index (χ1v) is 11.5. The maximum Gasteiger partial charge on any atom is 0.173 e. The van der Waals surface area contributed by atoms with E-state index in [1.54, 1.807) is 7.11 Å². The summed E-state index contributed by atoms with van der Waals surface area (Å²) in [6.07, 6.45) is 3.28. The quantitative estimate of drug-likeness (QED) is 0.418. The SMILES string of the molecule is CCN1CCCc2cc(CN(CCCOC)C(=S)Nc3ccc(C)c(Cl)c3)ccc21. The van der Waals surface area contributed by atoms with Crippen molar-refractivity contribution >= 4 is 40.3 Å². The van der Waals surface area contributed by atoms with Crippen molar-refractivity contribution in [2.24, 2.45) is 0 Å². The summed E-state index contributed by atoms with van der Waals surface area (Å²) in [4.78, 5) is 4.68. The van der Waals surface area contributed by atoms with Crippen LogP contribution >= 0.6 is 23.8 Å². The molecule has 1 N–H and O–H groups in total. The van der Waals surface area contributed by atoms with Gasteiger partial charge in [0.2, 0.25) is 0 Å². The molecule has 0 fully saturated rings. The largest absolute Gasteiger partial charge is 0.385 e. The number of anilines is 2. The third kappa shape index (κ3) is 5.87. The summed E-state index contributed by atoms with van der Waals surface area (Å²) in [5.41, 5.74) is 6.09. The second-order valence-corrected chi connectivity index (χ2v) is 8.60. The third-order valence-corrected chi connectivity index (χ3v) is 6.37. The Labute approximate surface area is 191 Å². The highest BCUT2D eigenvalue weighted by molar-refractivity contribution is 7.80. The molecule has 0 saturated carbocycles. The predicted molar refractivity (Wildman–Crippen MR) is 132 cm³/mol. The van der Waals surface area contributed by atoms with Crippen LogP contribution in [0.2, 0.25) is 5.02 Å². The van der Waals surface area contributed by atoms with Gasteiger partial charge in [-0.3, -0.25) is 0 Å². The number of thiocarbonyl (C=S) groups is 1. The third-order valence-electron chi connectivity index (χ3n) is 5.60. The van der Waals surface area contributed by atoms with Crippen molar-refractivity contribution in [1.82, 2.24) is 4.90 Å². The van der Waals surface area contributed by atoms with Crippen molar-refractivity contribution < 1.29 is 4.74 Å². The first-order chi connectivity index (χ1) is 14.5. The van der Waals surface area contributed by atoms with Gasteiger partial charge in [-0.2, -0.15) is 0 Å². The van der Waals surface area contributed by atoms with Crippen LogP contribution in [0.15, 0.2) is 36.4 Å². The van der Waals surface area contributed by atoms with Gasteiger partial charge in [-0.05, 0) is 80.2 Å².